The van der Waals surface area contributed by atoms with E-state index < -0.39 is 0 Å². The van der Waals surface area contributed by atoms with Crippen molar-refractivity contribution >= 4 is 15.9 Å². The van der Waals surface area contributed by atoms with Crippen LogP contribution in [0.25, 0.3) is 22.8 Å². The first-order chi connectivity index (χ1) is 21.9. The molecule has 0 aliphatic carbocycles. The zero-order chi connectivity index (χ0) is 31.6. The van der Waals surface area contributed by atoms with E-state index in [2.05, 4.69) is 50.2 Å². The molecular weight excluding hydrogens is 624 g/mol. The van der Waals surface area contributed by atoms with Crippen LogP contribution in [-0.2, 0) is 25.9 Å². The van der Waals surface area contributed by atoms with Crippen molar-refractivity contribution in [1.82, 2.24) is 19.1 Å². The van der Waals surface area contributed by atoms with Gasteiger partial charge in [0, 0.05) is 36.0 Å². The van der Waals surface area contributed by atoms with Gasteiger partial charge in [0.25, 0.3) is 11.1 Å². The van der Waals surface area contributed by atoms with Crippen LogP contribution < -0.4 is 11.1 Å². The number of hydrogen-bond acceptors (Lipinski definition) is 4. The normalized spacial score (nSPS) is 10.6. The minimum Gasteiger partial charge on any atom is -0.292 e. The molecule has 6 rings (SSSR count). The van der Waals surface area contributed by atoms with Crippen LogP contribution in [0.15, 0.2) is 141 Å². The second-order valence-electron chi connectivity index (χ2n) is 10.7. The smallest absolute Gasteiger partial charge is 0.268 e. The molecule has 2 heterocycles. The number of aryl methyl sites for hydroxylation is 4. The topological polar surface area (TPSA) is 69.8 Å². The van der Waals surface area contributed by atoms with E-state index in [4.69, 9.17) is 0 Å². The zero-order valence-corrected chi connectivity index (χ0v) is 27.0. The van der Waals surface area contributed by atoms with E-state index in [1.165, 1.54) is 11.1 Å². The van der Waals surface area contributed by atoms with Crippen LogP contribution in [0, 0.1) is 13.8 Å². The summed E-state index contributed by atoms with van der Waals surface area (Å²) in [6, 6.07) is 41.7. The van der Waals surface area contributed by atoms with Gasteiger partial charge in [-0.25, -0.2) is 9.97 Å². The molecule has 0 fully saturated rings. The molecule has 4 aromatic carbocycles. The lowest BCUT2D eigenvalue weighted by atomic mass is 10.1. The highest BCUT2D eigenvalue weighted by atomic mass is 79.9. The SMILES string of the molecule is Cc1cc(=O)n(CCc2ccccc2)c(-c2ccccc2)n1.Cc1nc(-c2ccccc2)n(CCc2ccccc2)c(=O)c1Br. The third-order valence-corrected chi connectivity index (χ3v) is 8.33. The Labute approximate surface area is 271 Å². The van der Waals surface area contributed by atoms with E-state index >= 15 is 0 Å². The molecule has 6 aromatic rings. The van der Waals surface area contributed by atoms with Crippen molar-refractivity contribution < 1.29 is 0 Å². The molecule has 0 radical (unpaired) electrons. The molecule has 0 saturated heterocycles. The first-order valence-electron chi connectivity index (χ1n) is 14.9. The summed E-state index contributed by atoms with van der Waals surface area (Å²) in [5.74, 6) is 1.45. The Balaban J connectivity index is 0.000000178. The second-order valence-corrected chi connectivity index (χ2v) is 11.5. The number of rotatable bonds is 8. The number of aromatic nitrogens is 4. The summed E-state index contributed by atoms with van der Waals surface area (Å²) in [5, 5.41) is 0. The maximum atomic E-state index is 12.7. The summed E-state index contributed by atoms with van der Waals surface area (Å²) in [6.07, 6.45) is 1.60. The van der Waals surface area contributed by atoms with Gasteiger partial charge in [-0.15, -0.1) is 0 Å². The first kappa shape index (κ1) is 31.5. The van der Waals surface area contributed by atoms with Gasteiger partial charge >= 0.3 is 0 Å². The van der Waals surface area contributed by atoms with Crippen LogP contribution in [0.1, 0.15) is 22.5 Å². The molecule has 0 N–H and O–H groups in total. The molecule has 0 saturated carbocycles. The quantitative estimate of drug-likeness (QED) is 0.168. The van der Waals surface area contributed by atoms with Gasteiger partial charge in [-0.2, -0.15) is 0 Å². The lowest BCUT2D eigenvalue weighted by Crippen LogP contribution is -2.26. The van der Waals surface area contributed by atoms with Gasteiger partial charge < -0.3 is 0 Å². The summed E-state index contributed by atoms with van der Waals surface area (Å²) in [4.78, 5) is 34.3. The van der Waals surface area contributed by atoms with Crippen LogP contribution in [0.4, 0.5) is 0 Å². The summed E-state index contributed by atoms with van der Waals surface area (Å²) >= 11 is 3.37. The molecule has 7 heteroatoms. The van der Waals surface area contributed by atoms with Crippen LogP contribution >= 0.6 is 15.9 Å². The first-order valence-corrected chi connectivity index (χ1v) is 15.7. The van der Waals surface area contributed by atoms with Crippen molar-refractivity contribution in [3.05, 3.63) is 175 Å². The Bertz CT molecular complexity index is 1960. The second kappa shape index (κ2) is 15.2. The average molecular weight is 660 g/mol. The van der Waals surface area contributed by atoms with E-state index in [-0.39, 0.29) is 11.1 Å². The highest BCUT2D eigenvalue weighted by Crippen LogP contribution is 2.20. The van der Waals surface area contributed by atoms with Crippen LogP contribution in [0.3, 0.4) is 0 Å². The Hall–Kier alpha value is -4.88. The largest absolute Gasteiger partial charge is 0.292 e. The lowest BCUT2D eigenvalue weighted by Gasteiger charge is -2.14. The fraction of sp³-hybridized carbons (Fsp3) is 0.158. The minimum absolute atomic E-state index is 0.00211. The fourth-order valence-corrected chi connectivity index (χ4v) is 5.37. The monoisotopic (exact) mass is 658 g/mol. The van der Waals surface area contributed by atoms with Crippen LogP contribution in [0.5, 0.6) is 0 Å². The highest BCUT2D eigenvalue weighted by Gasteiger charge is 2.14. The van der Waals surface area contributed by atoms with Gasteiger partial charge in [-0.3, -0.25) is 18.7 Å². The number of hydrogen-bond donors (Lipinski definition) is 0. The third-order valence-electron chi connectivity index (χ3n) is 7.41. The zero-order valence-electron chi connectivity index (χ0n) is 25.4. The highest BCUT2D eigenvalue weighted by molar-refractivity contribution is 9.10. The standard InChI is InChI=1S/C19H17BrN2O.C19H18N2O/c1-14-17(20)19(23)22(13-12-15-8-4-2-5-9-15)18(21-14)16-10-6-3-7-11-16;1-15-14-18(22)21(13-12-16-8-4-2-5-9-16)19(20-15)17-10-6-3-7-11-17/h2-11H,12-13H2,1H3;2-11,14H,12-13H2,1H3. The molecule has 0 amide bonds. The van der Waals surface area contributed by atoms with Crippen molar-refractivity contribution in [2.75, 3.05) is 0 Å². The molecule has 0 bridgehead atoms. The van der Waals surface area contributed by atoms with Crippen LogP contribution in [0.2, 0.25) is 0 Å². The van der Waals surface area contributed by atoms with Crippen molar-refractivity contribution in [3.8, 4) is 22.8 Å². The molecule has 0 aliphatic rings. The van der Waals surface area contributed by atoms with E-state index in [9.17, 15) is 9.59 Å². The van der Waals surface area contributed by atoms with Crippen molar-refractivity contribution in [2.24, 2.45) is 0 Å². The third kappa shape index (κ3) is 8.19. The fourth-order valence-electron chi connectivity index (χ4n) is 5.07. The summed E-state index contributed by atoms with van der Waals surface area (Å²) < 4.78 is 4.04. The van der Waals surface area contributed by atoms with Crippen molar-refractivity contribution in [2.45, 2.75) is 39.8 Å². The predicted octanol–water partition coefficient (Wildman–Crippen LogP) is 7.69. The van der Waals surface area contributed by atoms with Gasteiger partial charge in [0.15, 0.2) is 0 Å². The Morgan fingerprint density at radius 1 is 0.578 bits per heavy atom. The summed E-state index contributed by atoms with van der Waals surface area (Å²) in [5.41, 5.74) is 5.77. The summed E-state index contributed by atoms with van der Waals surface area (Å²) in [7, 11) is 0. The molecule has 0 spiro atoms. The predicted molar refractivity (Wildman–Crippen MR) is 185 cm³/mol. The van der Waals surface area contributed by atoms with E-state index in [0.29, 0.717) is 29.1 Å². The Morgan fingerprint density at radius 3 is 1.49 bits per heavy atom. The Morgan fingerprint density at radius 2 is 1.00 bits per heavy atom. The minimum atomic E-state index is -0.0349. The van der Waals surface area contributed by atoms with E-state index in [0.717, 1.165) is 35.5 Å². The van der Waals surface area contributed by atoms with Crippen molar-refractivity contribution in [1.29, 1.82) is 0 Å². The summed E-state index contributed by atoms with van der Waals surface area (Å²) in [6.45, 7) is 4.92. The molecule has 0 unspecified atom stereocenters. The molecule has 6 nitrogen and oxygen atoms in total. The van der Waals surface area contributed by atoms with Gasteiger partial charge in [0.2, 0.25) is 0 Å². The van der Waals surface area contributed by atoms with Crippen LogP contribution in [-0.4, -0.2) is 19.1 Å². The number of benzene rings is 4. The average Bonchev–Trinajstić information content (AvgIpc) is 3.08. The van der Waals surface area contributed by atoms with E-state index in [1.807, 2.05) is 111 Å². The van der Waals surface area contributed by atoms with Gasteiger partial charge in [0.05, 0.1) is 5.69 Å². The molecule has 45 heavy (non-hydrogen) atoms. The maximum absolute atomic E-state index is 12.7. The molecule has 0 atom stereocenters. The van der Waals surface area contributed by atoms with Gasteiger partial charge in [0.1, 0.15) is 16.1 Å². The molecular formula is C38H35BrN4O2. The molecule has 226 valence electrons. The van der Waals surface area contributed by atoms with E-state index in [1.54, 1.807) is 15.2 Å². The Kier molecular flexibility index (Phi) is 10.7. The van der Waals surface area contributed by atoms with Gasteiger partial charge in [-0.1, -0.05) is 121 Å². The van der Waals surface area contributed by atoms with Crippen molar-refractivity contribution in [3.63, 3.8) is 0 Å². The van der Waals surface area contributed by atoms with Gasteiger partial charge in [-0.05, 0) is 53.7 Å². The maximum Gasteiger partial charge on any atom is 0.268 e. The molecule has 0 aliphatic heterocycles. The molecule has 2 aromatic heterocycles. The lowest BCUT2D eigenvalue weighted by molar-refractivity contribution is 0.657. The number of halogens is 1. The number of nitrogens with zero attached hydrogens (tertiary/aromatic N) is 4.